The zero-order valence-corrected chi connectivity index (χ0v) is 13.5. The molecular formula is C17H17N5S. The Morgan fingerprint density at radius 2 is 1.57 bits per heavy atom. The van der Waals surface area contributed by atoms with Gasteiger partial charge in [0.25, 0.3) is 0 Å². The van der Waals surface area contributed by atoms with Crippen LogP contribution in [0.5, 0.6) is 0 Å². The summed E-state index contributed by atoms with van der Waals surface area (Å²) in [4.78, 5) is 0.654. The van der Waals surface area contributed by atoms with Crippen molar-refractivity contribution in [2.75, 3.05) is 5.73 Å². The summed E-state index contributed by atoms with van der Waals surface area (Å²) >= 11 is 4.42. The van der Waals surface area contributed by atoms with E-state index in [0.717, 1.165) is 5.56 Å². The summed E-state index contributed by atoms with van der Waals surface area (Å²) in [6, 6.07) is 8.67. The summed E-state index contributed by atoms with van der Waals surface area (Å²) in [6.07, 6.45) is 0. The molecule has 23 heavy (non-hydrogen) atoms. The second-order valence-electron chi connectivity index (χ2n) is 5.51. The van der Waals surface area contributed by atoms with E-state index >= 15 is 0 Å². The lowest BCUT2D eigenvalue weighted by Gasteiger charge is -2.20. The zero-order chi connectivity index (χ0) is 16.9. The minimum absolute atomic E-state index is 0.117. The van der Waals surface area contributed by atoms with E-state index in [2.05, 4.69) is 12.6 Å². The Hall–Kier alpha value is -2.73. The fourth-order valence-corrected chi connectivity index (χ4v) is 3.09. The van der Waals surface area contributed by atoms with Crippen LogP contribution in [0.3, 0.4) is 0 Å². The molecule has 8 N–H and O–H groups in total. The molecule has 0 spiro atoms. The highest BCUT2D eigenvalue weighted by Crippen LogP contribution is 2.32. The van der Waals surface area contributed by atoms with Gasteiger partial charge >= 0.3 is 0 Å². The van der Waals surface area contributed by atoms with Gasteiger partial charge in [-0.1, -0.05) is 12.1 Å². The van der Waals surface area contributed by atoms with Gasteiger partial charge in [0, 0.05) is 32.8 Å². The third-order valence-electron chi connectivity index (χ3n) is 4.15. The molecular weight excluding hydrogens is 306 g/mol. The van der Waals surface area contributed by atoms with Crippen molar-refractivity contribution in [3.05, 3.63) is 58.1 Å². The van der Waals surface area contributed by atoms with Crippen molar-refractivity contribution in [3.63, 3.8) is 0 Å². The number of rotatable bonds is 0. The van der Waals surface area contributed by atoms with Crippen LogP contribution >= 0.6 is 12.6 Å². The quantitative estimate of drug-likeness (QED) is 0.329. The van der Waals surface area contributed by atoms with Crippen molar-refractivity contribution in [2.45, 2.75) is 11.8 Å². The Morgan fingerprint density at radius 3 is 2.26 bits per heavy atom. The Labute approximate surface area is 139 Å². The van der Waals surface area contributed by atoms with Crippen LogP contribution in [0.4, 0.5) is 5.69 Å². The highest BCUT2D eigenvalue weighted by molar-refractivity contribution is 7.80. The first-order valence-electron chi connectivity index (χ1n) is 6.99. The summed E-state index contributed by atoms with van der Waals surface area (Å²) in [6.45, 7) is 1.83. The Morgan fingerprint density at radius 1 is 0.870 bits per heavy atom. The molecule has 2 aromatic carbocycles. The minimum Gasteiger partial charge on any atom is -0.398 e. The predicted octanol–water partition coefficient (Wildman–Crippen LogP) is 2.36. The van der Waals surface area contributed by atoms with Crippen LogP contribution in [-0.2, 0) is 0 Å². The van der Waals surface area contributed by atoms with Gasteiger partial charge in [-0.25, -0.2) is 0 Å². The fraction of sp³-hybridized carbons (Fsp3) is 0.0588. The lowest BCUT2D eigenvalue weighted by molar-refractivity contribution is 1.31. The second-order valence-corrected chi connectivity index (χ2v) is 5.99. The number of anilines is 1. The molecule has 0 aromatic heterocycles. The van der Waals surface area contributed by atoms with Crippen molar-refractivity contribution >= 4 is 41.1 Å². The topological polar surface area (TPSA) is 126 Å². The van der Waals surface area contributed by atoms with Gasteiger partial charge < -0.3 is 17.2 Å². The number of hydrogen-bond donors (Lipinski definition) is 6. The Bertz CT molecular complexity index is 911. The molecule has 0 aliphatic heterocycles. The van der Waals surface area contributed by atoms with Crippen LogP contribution in [-0.4, -0.2) is 11.4 Å². The first-order valence-corrected chi connectivity index (χ1v) is 7.44. The van der Waals surface area contributed by atoms with E-state index in [1.807, 2.05) is 6.92 Å². The van der Waals surface area contributed by atoms with E-state index in [9.17, 15) is 0 Å². The molecule has 0 saturated carbocycles. The summed E-state index contributed by atoms with van der Waals surface area (Å²) in [5.41, 5.74) is 23.3. The smallest absolute Gasteiger partial charge is 0.0870 e. The van der Waals surface area contributed by atoms with Gasteiger partial charge in [-0.05, 0) is 30.7 Å². The number of thiol groups is 1. The van der Waals surface area contributed by atoms with Gasteiger partial charge in [-0.3, -0.25) is 10.8 Å². The highest BCUT2D eigenvalue weighted by Gasteiger charge is 2.22. The molecule has 4 bridgehead atoms. The number of fused-ring (bicyclic) bond motifs is 4. The van der Waals surface area contributed by atoms with Gasteiger partial charge in [0.05, 0.1) is 22.8 Å². The van der Waals surface area contributed by atoms with E-state index in [1.54, 1.807) is 30.3 Å². The van der Waals surface area contributed by atoms with Crippen LogP contribution < -0.4 is 17.2 Å². The van der Waals surface area contributed by atoms with Gasteiger partial charge in [-0.2, -0.15) is 0 Å². The summed E-state index contributed by atoms with van der Waals surface area (Å²) in [5.74, 6) is 0. The standard InChI is InChI=1S/C17H17N5S/c1-7-9-3-4-11(18)13(7)17(22)16(21)10-6-8(2-5-12(10)23)14(19)15(9)20/h2-6,19-20,23H,18,21-22H2,1H3/b17-16-,19-14?,20-15?. The van der Waals surface area contributed by atoms with E-state index in [1.165, 1.54) is 0 Å². The van der Waals surface area contributed by atoms with Gasteiger partial charge in [0.1, 0.15) is 0 Å². The summed E-state index contributed by atoms with van der Waals surface area (Å²) in [7, 11) is 0. The monoisotopic (exact) mass is 323 g/mol. The van der Waals surface area contributed by atoms with Crippen molar-refractivity contribution in [1.82, 2.24) is 0 Å². The number of nitrogens with two attached hydrogens (primary N) is 3. The van der Waals surface area contributed by atoms with Crippen LogP contribution in [0.15, 0.2) is 35.2 Å². The highest BCUT2D eigenvalue weighted by atomic mass is 32.1. The average molecular weight is 323 g/mol. The van der Waals surface area contributed by atoms with Crippen LogP contribution in [0, 0.1) is 17.7 Å². The summed E-state index contributed by atoms with van der Waals surface area (Å²) in [5, 5.41) is 16.7. The first-order chi connectivity index (χ1) is 10.8. The number of benzene rings is 2. The summed E-state index contributed by atoms with van der Waals surface area (Å²) < 4.78 is 0. The molecule has 0 atom stereocenters. The molecule has 0 radical (unpaired) electrons. The largest absolute Gasteiger partial charge is 0.398 e. The average Bonchev–Trinajstić information content (AvgIpc) is 2.52. The molecule has 1 aliphatic rings. The minimum atomic E-state index is 0.117. The van der Waals surface area contributed by atoms with Crippen molar-refractivity contribution < 1.29 is 0 Å². The lowest BCUT2D eigenvalue weighted by Crippen LogP contribution is -2.20. The third kappa shape index (κ3) is 2.19. The van der Waals surface area contributed by atoms with Gasteiger partial charge in [-0.15, -0.1) is 12.6 Å². The van der Waals surface area contributed by atoms with Gasteiger partial charge in [0.15, 0.2) is 0 Å². The molecule has 2 aromatic rings. The molecule has 0 fully saturated rings. The second kappa shape index (κ2) is 5.17. The number of hydrogen-bond acceptors (Lipinski definition) is 6. The molecule has 3 rings (SSSR count). The maximum Gasteiger partial charge on any atom is 0.0870 e. The Kier molecular flexibility index (Phi) is 3.41. The van der Waals surface area contributed by atoms with Crippen molar-refractivity contribution in [2.24, 2.45) is 11.5 Å². The first kappa shape index (κ1) is 15.2. The van der Waals surface area contributed by atoms with Crippen molar-refractivity contribution in [3.8, 4) is 0 Å². The maximum atomic E-state index is 8.37. The maximum absolute atomic E-state index is 8.37. The predicted molar refractivity (Wildman–Crippen MR) is 98.1 cm³/mol. The molecule has 0 heterocycles. The van der Waals surface area contributed by atoms with Crippen molar-refractivity contribution in [1.29, 1.82) is 10.8 Å². The number of nitrogen functional groups attached to an aromatic ring is 1. The zero-order valence-electron chi connectivity index (χ0n) is 12.6. The molecule has 5 nitrogen and oxygen atoms in total. The van der Waals surface area contributed by atoms with Crippen LogP contribution in [0.25, 0.3) is 11.4 Å². The molecule has 0 saturated heterocycles. The van der Waals surface area contributed by atoms with E-state index < -0.39 is 0 Å². The molecule has 1 aliphatic carbocycles. The molecule has 6 heteroatoms. The van der Waals surface area contributed by atoms with Crippen LogP contribution in [0.1, 0.15) is 27.8 Å². The normalized spacial score (nSPS) is 17.3. The molecule has 0 unspecified atom stereocenters. The SMILES string of the molecule is Cc1c2ccc(N)c1/C(N)=C(/N)c1cc(ccc1S)C(=N)C2=N. The fourth-order valence-electron chi connectivity index (χ4n) is 2.83. The molecule has 116 valence electrons. The third-order valence-corrected chi connectivity index (χ3v) is 4.54. The van der Waals surface area contributed by atoms with Gasteiger partial charge in [0.2, 0.25) is 0 Å². The van der Waals surface area contributed by atoms with Crippen LogP contribution in [0.2, 0.25) is 0 Å². The lowest BCUT2D eigenvalue weighted by atomic mass is 9.88. The van der Waals surface area contributed by atoms with E-state index in [-0.39, 0.29) is 11.4 Å². The number of nitrogens with one attached hydrogen (secondary N) is 2. The molecule has 0 amide bonds. The van der Waals surface area contributed by atoms with E-state index in [4.69, 9.17) is 28.0 Å². The van der Waals surface area contributed by atoms with E-state index in [0.29, 0.717) is 44.2 Å². The Balaban J connectivity index is 2.50.